The number of benzene rings is 1. The summed E-state index contributed by atoms with van der Waals surface area (Å²) in [6.07, 6.45) is 1.99. The Balaban J connectivity index is 2.35. The highest BCUT2D eigenvalue weighted by atomic mass is 16.2. The minimum Gasteiger partial charge on any atom is -0.368 e. The smallest absolute Gasteiger partial charge is 0.239 e. The molecule has 0 aliphatic rings. The van der Waals surface area contributed by atoms with Gasteiger partial charge in [-0.15, -0.1) is 0 Å². The predicted molar refractivity (Wildman–Crippen MR) is 89.6 cm³/mol. The van der Waals surface area contributed by atoms with Gasteiger partial charge in [-0.2, -0.15) is 5.10 Å². The van der Waals surface area contributed by atoms with Crippen LogP contribution in [0.15, 0.2) is 36.5 Å². The molecule has 1 heterocycles. The van der Waals surface area contributed by atoms with E-state index in [4.69, 9.17) is 5.73 Å². The molecule has 0 bridgehead atoms. The zero-order valence-corrected chi connectivity index (χ0v) is 13.7. The first-order chi connectivity index (χ1) is 10.8. The summed E-state index contributed by atoms with van der Waals surface area (Å²) in [5.74, 6) is -0.149. The molecule has 6 nitrogen and oxygen atoms in total. The first kappa shape index (κ1) is 16.7. The molecule has 0 saturated carbocycles. The van der Waals surface area contributed by atoms with Gasteiger partial charge >= 0.3 is 0 Å². The molecule has 122 valence electrons. The number of nitrogens with one attached hydrogen (secondary N) is 1. The van der Waals surface area contributed by atoms with Gasteiger partial charge in [-0.3, -0.25) is 9.59 Å². The van der Waals surface area contributed by atoms with Gasteiger partial charge in [0.2, 0.25) is 11.8 Å². The van der Waals surface area contributed by atoms with Gasteiger partial charge in [-0.1, -0.05) is 51.1 Å². The SMILES string of the molecule is CC(C)(C)CC(=O)Nc1c(-c2ccccc2)cnn1CC(N)=O. The molecule has 0 aliphatic heterocycles. The van der Waals surface area contributed by atoms with Crippen LogP contribution in [0.2, 0.25) is 0 Å². The molecule has 2 rings (SSSR count). The predicted octanol–water partition coefficient (Wildman–Crippen LogP) is 2.41. The van der Waals surface area contributed by atoms with E-state index in [0.717, 1.165) is 11.1 Å². The van der Waals surface area contributed by atoms with E-state index in [1.165, 1.54) is 4.68 Å². The fraction of sp³-hybridized carbons (Fsp3) is 0.353. The number of rotatable bonds is 5. The molecule has 1 aromatic carbocycles. The van der Waals surface area contributed by atoms with Crippen LogP contribution in [-0.2, 0) is 16.1 Å². The van der Waals surface area contributed by atoms with Gasteiger partial charge in [0.25, 0.3) is 0 Å². The fourth-order valence-corrected chi connectivity index (χ4v) is 2.27. The van der Waals surface area contributed by atoms with Crippen LogP contribution in [0.4, 0.5) is 5.82 Å². The quantitative estimate of drug-likeness (QED) is 0.888. The zero-order valence-electron chi connectivity index (χ0n) is 13.7. The molecule has 0 radical (unpaired) electrons. The zero-order chi connectivity index (χ0) is 17.0. The van der Waals surface area contributed by atoms with Gasteiger partial charge in [0.1, 0.15) is 12.4 Å². The first-order valence-electron chi connectivity index (χ1n) is 7.45. The third kappa shape index (κ3) is 4.67. The Morgan fingerprint density at radius 3 is 2.43 bits per heavy atom. The normalized spacial score (nSPS) is 11.3. The van der Waals surface area contributed by atoms with E-state index in [0.29, 0.717) is 12.2 Å². The lowest BCUT2D eigenvalue weighted by atomic mass is 9.92. The molecular weight excluding hydrogens is 292 g/mol. The lowest BCUT2D eigenvalue weighted by Crippen LogP contribution is -2.24. The van der Waals surface area contributed by atoms with Crippen LogP contribution in [0.3, 0.4) is 0 Å². The molecule has 1 aromatic heterocycles. The number of primary amides is 1. The number of carbonyl (C=O) groups is 2. The Morgan fingerprint density at radius 2 is 1.87 bits per heavy atom. The van der Waals surface area contributed by atoms with Gasteiger partial charge in [0, 0.05) is 12.0 Å². The van der Waals surface area contributed by atoms with Gasteiger partial charge in [0.05, 0.1) is 6.20 Å². The fourth-order valence-electron chi connectivity index (χ4n) is 2.27. The Bertz CT molecular complexity index is 699. The molecule has 0 atom stereocenters. The molecule has 0 unspecified atom stereocenters. The van der Waals surface area contributed by atoms with Gasteiger partial charge in [-0.25, -0.2) is 4.68 Å². The van der Waals surface area contributed by atoms with Gasteiger partial charge in [0.15, 0.2) is 0 Å². The van der Waals surface area contributed by atoms with Crippen molar-refractivity contribution in [1.29, 1.82) is 0 Å². The van der Waals surface area contributed by atoms with Crippen LogP contribution in [0, 0.1) is 5.41 Å². The average molecular weight is 314 g/mol. The maximum absolute atomic E-state index is 12.3. The molecule has 0 fully saturated rings. The first-order valence-corrected chi connectivity index (χ1v) is 7.45. The van der Waals surface area contributed by atoms with E-state index in [9.17, 15) is 9.59 Å². The summed E-state index contributed by atoms with van der Waals surface area (Å²) in [4.78, 5) is 23.5. The highest BCUT2D eigenvalue weighted by Crippen LogP contribution is 2.29. The van der Waals surface area contributed by atoms with Crippen molar-refractivity contribution in [2.24, 2.45) is 11.1 Å². The average Bonchev–Trinajstić information content (AvgIpc) is 2.80. The largest absolute Gasteiger partial charge is 0.368 e. The van der Waals surface area contributed by atoms with Crippen molar-refractivity contribution >= 4 is 17.6 Å². The molecule has 23 heavy (non-hydrogen) atoms. The standard InChI is InChI=1S/C17H22N4O2/c1-17(2,3)9-15(23)20-16-13(12-7-5-4-6-8-12)10-19-21(16)11-14(18)22/h4-8,10H,9,11H2,1-3H3,(H2,18,22)(H,20,23). The Labute approximate surface area is 135 Å². The summed E-state index contributed by atoms with van der Waals surface area (Å²) in [7, 11) is 0. The molecule has 2 amide bonds. The lowest BCUT2D eigenvalue weighted by molar-refractivity contribution is -0.119. The van der Waals surface area contributed by atoms with Gasteiger partial charge < -0.3 is 11.1 Å². The van der Waals surface area contributed by atoms with Crippen molar-refractivity contribution in [3.05, 3.63) is 36.5 Å². The van der Waals surface area contributed by atoms with Crippen LogP contribution in [0.5, 0.6) is 0 Å². The van der Waals surface area contributed by atoms with Crippen LogP contribution in [0.1, 0.15) is 27.2 Å². The van der Waals surface area contributed by atoms with Gasteiger partial charge in [-0.05, 0) is 11.0 Å². The number of carbonyl (C=O) groups excluding carboxylic acids is 2. The number of amides is 2. The molecular formula is C17H22N4O2. The van der Waals surface area contributed by atoms with E-state index in [-0.39, 0.29) is 17.9 Å². The Kier molecular flexibility index (Phi) is 4.83. The number of hydrogen-bond donors (Lipinski definition) is 2. The molecule has 6 heteroatoms. The Morgan fingerprint density at radius 1 is 1.22 bits per heavy atom. The van der Waals surface area contributed by atoms with Crippen LogP contribution in [-0.4, -0.2) is 21.6 Å². The second-order valence-corrected chi connectivity index (χ2v) is 6.68. The van der Waals surface area contributed by atoms with Crippen molar-refractivity contribution in [3.63, 3.8) is 0 Å². The minimum absolute atomic E-state index is 0.0854. The number of anilines is 1. The van der Waals surface area contributed by atoms with Crippen LogP contribution >= 0.6 is 0 Å². The van der Waals surface area contributed by atoms with E-state index in [1.807, 2.05) is 51.1 Å². The van der Waals surface area contributed by atoms with Crippen molar-refractivity contribution in [3.8, 4) is 11.1 Å². The number of hydrogen-bond acceptors (Lipinski definition) is 3. The third-order valence-corrected chi connectivity index (χ3v) is 3.18. The number of nitrogens with zero attached hydrogens (tertiary/aromatic N) is 2. The van der Waals surface area contributed by atoms with E-state index < -0.39 is 5.91 Å². The maximum Gasteiger partial charge on any atom is 0.239 e. The highest BCUT2D eigenvalue weighted by molar-refractivity contribution is 5.94. The second kappa shape index (κ2) is 6.64. The van der Waals surface area contributed by atoms with Crippen molar-refractivity contribution < 1.29 is 9.59 Å². The highest BCUT2D eigenvalue weighted by Gasteiger charge is 2.20. The number of aromatic nitrogens is 2. The van der Waals surface area contributed by atoms with Crippen molar-refractivity contribution in [2.45, 2.75) is 33.7 Å². The van der Waals surface area contributed by atoms with E-state index in [2.05, 4.69) is 10.4 Å². The molecule has 2 aromatic rings. The summed E-state index contributed by atoms with van der Waals surface area (Å²) in [6.45, 7) is 5.89. The second-order valence-electron chi connectivity index (χ2n) is 6.68. The molecule has 3 N–H and O–H groups in total. The summed E-state index contributed by atoms with van der Waals surface area (Å²) >= 11 is 0. The van der Waals surface area contributed by atoms with Crippen LogP contribution < -0.4 is 11.1 Å². The van der Waals surface area contributed by atoms with Crippen LogP contribution in [0.25, 0.3) is 11.1 Å². The maximum atomic E-state index is 12.3. The molecule has 0 saturated heterocycles. The molecule has 0 aliphatic carbocycles. The summed E-state index contributed by atoms with van der Waals surface area (Å²) < 4.78 is 1.42. The summed E-state index contributed by atoms with van der Waals surface area (Å²) in [5, 5.41) is 7.06. The van der Waals surface area contributed by atoms with Crippen molar-refractivity contribution in [2.75, 3.05) is 5.32 Å². The third-order valence-electron chi connectivity index (χ3n) is 3.18. The number of nitrogens with two attached hydrogens (primary N) is 1. The minimum atomic E-state index is -0.515. The summed E-state index contributed by atoms with van der Waals surface area (Å²) in [5.41, 5.74) is 6.80. The topological polar surface area (TPSA) is 90.0 Å². The Hall–Kier alpha value is -2.63. The van der Waals surface area contributed by atoms with E-state index >= 15 is 0 Å². The van der Waals surface area contributed by atoms with Crippen molar-refractivity contribution in [1.82, 2.24) is 9.78 Å². The van der Waals surface area contributed by atoms with E-state index in [1.54, 1.807) is 6.20 Å². The lowest BCUT2D eigenvalue weighted by Gasteiger charge is -2.18. The monoisotopic (exact) mass is 314 g/mol. The summed E-state index contributed by atoms with van der Waals surface area (Å²) in [6, 6.07) is 9.56. The molecule has 0 spiro atoms.